The molecule has 1 aliphatic heterocycles. The molecule has 0 aromatic heterocycles. The minimum atomic E-state index is 0.256. The fourth-order valence-corrected chi connectivity index (χ4v) is 1.13. The topological polar surface area (TPSA) is 12.5 Å². The summed E-state index contributed by atoms with van der Waals surface area (Å²) < 4.78 is 0. The Morgan fingerprint density at radius 1 is 1.89 bits per heavy atom. The quantitative estimate of drug-likeness (QED) is 0.520. The number of halogens is 1. The summed E-state index contributed by atoms with van der Waals surface area (Å²) in [4.78, 5) is 5.17. The highest BCUT2D eigenvalue weighted by atomic mass is 35.5. The Labute approximate surface area is 60.0 Å². The first-order valence-corrected chi connectivity index (χ1v) is 3.42. The molecule has 52 valence electrons. The van der Waals surface area contributed by atoms with Gasteiger partial charge in [0.05, 0.1) is 6.04 Å². The fourth-order valence-electron chi connectivity index (χ4n) is 0.843. The van der Waals surface area contributed by atoms with Crippen LogP contribution in [0, 0.1) is 0 Å². The third-order valence-corrected chi connectivity index (χ3v) is 1.66. The minimum Gasteiger partial charge on any atom is -0.411 e. The lowest BCUT2D eigenvalue weighted by molar-refractivity contribution is -0.0879. The van der Waals surface area contributed by atoms with E-state index in [0.717, 1.165) is 5.76 Å². The lowest BCUT2D eigenvalue weighted by atomic mass is 10.3. The Morgan fingerprint density at radius 2 is 2.56 bits per heavy atom. The molecule has 0 amide bonds. The predicted octanol–water partition coefficient (Wildman–Crippen LogP) is 1.37. The number of hydroxylamine groups is 2. The van der Waals surface area contributed by atoms with Gasteiger partial charge < -0.3 is 4.84 Å². The van der Waals surface area contributed by atoms with Crippen molar-refractivity contribution in [3.63, 3.8) is 0 Å². The van der Waals surface area contributed by atoms with Gasteiger partial charge in [-0.1, -0.05) is 0 Å². The maximum absolute atomic E-state index is 5.60. The molecule has 1 rings (SSSR count). The van der Waals surface area contributed by atoms with Crippen LogP contribution in [0.5, 0.6) is 0 Å². The molecule has 1 heterocycles. The van der Waals surface area contributed by atoms with Crippen molar-refractivity contribution in [1.82, 2.24) is 5.06 Å². The van der Waals surface area contributed by atoms with Crippen LogP contribution in [-0.4, -0.2) is 24.0 Å². The molecular formula is C6H10ClNO. The van der Waals surface area contributed by atoms with Crippen LogP contribution in [0.3, 0.4) is 0 Å². The number of nitrogens with zero attached hydrogens (tertiary/aromatic N) is 1. The summed E-state index contributed by atoms with van der Waals surface area (Å²) in [5, 5.41) is 1.75. The van der Waals surface area contributed by atoms with Gasteiger partial charge in [-0.05, 0) is 13.0 Å². The number of hydrogen-bond acceptors (Lipinski definition) is 2. The first kappa shape index (κ1) is 6.90. The molecular weight excluding hydrogens is 138 g/mol. The van der Waals surface area contributed by atoms with Crippen molar-refractivity contribution in [2.75, 3.05) is 12.9 Å². The molecule has 0 N–H and O–H groups in total. The monoisotopic (exact) mass is 147 g/mol. The maximum Gasteiger partial charge on any atom is 0.119 e. The molecule has 0 aromatic carbocycles. The van der Waals surface area contributed by atoms with Crippen LogP contribution in [0.1, 0.15) is 6.92 Å². The molecule has 1 aliphatic rings. The standard InChI is InChI=1S/C6H10ClNO/c1-5-3-6(4-7)8(2)9-5/h3,6H,4H2,1-2H3. The van der Waals surface area contributed by atoms with Crippen molar-refractivity contribution in [3.05, 3.63) is 11.8 Å². The van der Waals surface area contributed by atoms with E-state index >= 15 is 0 Å². The Hall–Kier alpha value is -0.210. The lowest BCUT2D eigenvalue weighted by Crippen LogP contribution is -2.25. The van der Waals surface area contributed by atoms with Crippen molar-refractivity contribution in [2.45, 2.75) is 13.0 Å². The SMILES string of the molecule is CC1=CC(CCl)N(C)O1. The molecule has 1 atom stereocenters. The van der Waals surface area contributed by atoms with Crippen LogP contribution in [0.4, 0.5) is 0 Å². The highest BCUT2D eigenvalue weighted by molar-refractivity contribution is 6.18. The van der Waals surface area contributed by atoms with Gasteiger partial charge in [-0.25, -0.2) is 0 Å². The van der Waals surface area contributed by atoms with E-state index in [9.17, 15) is 0 Å². The third kappa shape index (κ3) is 1.37. The molecule has 0 fully saturated rings. The van der Waals surface area contributed by atoms with Crippen LogP contribution < -0.4 is 0 Å². The van der Waals surface area contributed by atoms with Crippen LogP contribution >= 0.6 is 11.6 Å². The van der Waals surface area contributed by atoms with E-state index in [-0.39, 0.29) is 6.04 Å². The van der Waals surface area contributed by atoms with Gasteiger partial charge in [0.1, 0.15) is 5.76 Å². The number of rotatable bonds is 1. The van der Waals surface area contributed by atoms with Crippen molar-refractivity contribution in [2.24, 2.45) is 0 Å². The van der Waals surface area contributed by atoms with Crippen molar-refractivity contribution >= 4 is 11.6 Å². The maximum atomic E-state index is 5.60. The second-order valence-corrected chi connectivity index (χ2v) is 2.45. The van der Waals surface area contributed by atoms with Gasteiger partial charge in [0, 0.05) is 12.9 Å². The van der Waals surface area contributed by atoms with E-state index < -0.39 is 0 Å². The smallest absolute Gasteiger partial charge is 0.119 e. The summed E-state index contributed by atoms with van der Waals surface area (Å²) in [6, 6.07) is 0.256. The predicted molar refractivity (Wildman–Crippen MR) is 37.1 cm³/mol. The van der Waals surface area contributed by atoms with Crippen molar-refractivity contribution < 1.29 is 4.84 Å². The Bertz CT molecular complexity index is 135. The average Bonchev–Trinajstić information content (AvgIpc) is 2.10. The largest absolute Gasteiger partial charge is 0.411 e. The molecule has 0 saturated heterocycles. The van der Waals surface area contributed by atoms with Gasteiger partial charge in [0.15, 0.2) is 0 Å². The van der Waals surface area contributed by atoms with Crippen molar-refractivity contribution in [3.8, 4) is 0 Å². The van der Waals surface area contributed by atoms with Gasteiger partial charge in [0.2, 0.25) is 0 Å². The summed E-state index contributed by atoms with van der Waals surface area (Å²) >= 11 is 5.60. The van der Waals surface area contributed by atoms with E-state index in [4.69, 9.17) is 16.4 Å². The molecule has 3 heteroatoms. The van der Waals surface area contributed by atoms with Crippen LogP contribution in [0.25, 0.3) is 0 Å². The molecule has 2 nitrogen and oxygen atoms in total. The van der Waals surface area contributed by atoms with E-state index in [1.807, 2.05) is 20.0 Å². The zero-order valence-electron chi connectivity index (χ0n) is 5.60. The number of allylic oxidation sites excluding steroid dienone is 1. The second kappa shape index (κ2) is 2.58. The Kier molecular flexibility index (Phi) is 1.98. The number of alkyl halides is 1. The lowest BCUT2D eigenvalue weighted by Gasteiger charge is -2.14. The van der Waals surface area contributed by atoms with Gasteiger partial charge in [0.25, 0.3) is 0 Å². The highest BCUT2D eigenvalue weighted by Crippen LogP contribution is 2.15. The minimum absolute atomic E-state index is 0.256. The van der Waals surface area contributed by atoms with Gasteiger partial charge >= 0.3 is 0 Å². The van der Waals surface area contributed by atoms with Gasteiger partial charge in [-0.3, -0.25) is 0 Å². The number of likely N-dealkylation sites (N-methyl/N-ethyl adjacent to an activating group) is 1. The summed E-state index contributed by atoms with van der Waals surface area (Å²) in [6.07, 6.45) is 2.01. The van der Waals surface area contributed by atoms with E-state index in [2.05, 4.69) is 0 Å². The summed E-state index contributed by atoms with van der Waals surface area (Å²) in [5.74, 6) is 1.52. The molecule has 1 unspecified atom stereocenters. The van der Waals surface area contributed by atoms with E-state index in [1.54, 1.807) is 5.06 Å². The van der Waals surface area contributed by atoms with E-state index in [0.29, 0.717) is 5.88 Å². The molecule has 0 bridgehead atoms. The van der Waals surface area contributed by atoms with Crippen LogP contribution in [0.2, 0.25) is 0 Å². The average molecular weight is 148 g/mol. The third-order valence-electron chi connectivity index (χ3n) is 1.34. The zero-order valence-corrected chi connectivity index (χ0v) is 6.35. The van der Waals surface area contributed by atoms with Crippen LogP contribution in [-0.2, 0) is 4.84 Å². The fraction of sp³-hybridized carbons (Fsp3) is 0.667. The molecule has 0 saturated carbocycles. The van der Waals surface area contributed by atoms with E-state index in [1.165, 1.54) is 0 Å². The van der Waals surface area contributed by atoms with Crippen LogP contribution in [0.15, 0.2) is 11.8 Å². The second-order valence-electron chi connectivity index (χ2n) is 2.14. The summed E-state index contributed by atoms with van der Waals surface area (Å²) in [6.45, 7) is 1.92. The molecule has 0 aromatic rings. The van der Waals surface area contributed by atoms with Crippen molar-refractivity contribution in [1.29, 1.82) is 0 Å². The summed E-state index contributed by atoms with van der Waals surface area (Å²) in [7, 11) is 1.88. The number of hydrogen-bond donors (Lipinski definition) is 0. The molecule has 9 heavy (non-hydrogen) atoms. The van der Waals surface area contributed by atoms with Gasteiger partial charge in [-0.2, -0.15) is 0 Å². The first-order valence-electron chi connectivity index (χ1n) is 2.89. The van der Waals surface area contributed by atoms with Gasteiger partial charge in [-0.15, -0.1) is 16.7 Å². The molecule has 0 spiro atoms. The zero-order chi connectivity index (χ0) is 6.85. The Balaban J connectivity index is 2.53. The summed E-state index contributed by atoms with van der Waals surface area (Å²) in [5.41, 5.74) is 0. The molecule has 0 aliphatic carbocycles. The molecule has 0 radical (unpaired) electrons. The highest BCUT2D eigenvalue weighted by Gasteiger charge is 2.19. The normalized spacial score (nSPS) is 27.9. The Morgan fingerprint density at radius 3 is 2.78 bits per heavy atom. The first-order chi connectivity index (χ1) is 4.24.